The molecule has 2 heterocycles. The Labute approximate surface area is 220 Å². The smallest absolute Gasteiger partial charge is 0.225 e. The van der Waals surface area contributed by atoms with Gasteiger partial charge in [0.2, 0.25) is 5.91 Å². The number of carbonyl (C=O) groups excluding carboxylic acids is 1. The summed E-state index contributed by atoms with van der Waals surface area (Å²) in [4.78, 5) is 17.2. The standard InChI is InChI=1S/C31H27ClN2O3/c1-20-16-25(32)10-11-26(20)30(22-6-4-3-5-7-22)34-29(35)18-21-8-9-23-19-28(37-27(23)17-21)31(2,36)24-12-14-33-15-13-24/h3-17,19,30,36H,18H2,1-2H3,(H,34,35). The van der Waals surface area contributed by atoms with Gasteiger partial charge in [-0.3, -0.25) is 9.78 Å². The van der Waals surface area contributed by atoms with E-state index in [0.717, 1.165) is 27.6 Å². The summed E-state index contributed by atoms with van der Waals surface area (Å²) in [7, 11) is 0. The van der Waals surface area contributed by atoms with E-state index in [9.17, 15) is 9.90 Å². The summed E-state index contributed by atoms with van der Waals surface area (Å²) >= 11 is 6.18. The Balaban J connectivity index is 1.38. The maximum absolute atomic E-state index is 13.2. The molecule has 2 atom stereocenters. The van der Waals surface area contributed by atoms with Crippen LogP contribution in [-0.4, -0.2) is 16.0 Å². The van der Waals surface area contributed by atoms with E-state index in [4.69, 9.17) is 16.0 Å². The molecule has 5 nitrogen and oxygen atoms in total. The molecular weight excluding hydrogens is 484 g/mol. The fourth-order valence-corrected chi connectivity index (χ4v) is 4.82. The van der Waals surface area contributed by atoms with Crippen molar-refractivity contribution < 1.29 is 14.3 Å². The van der Waals surface area contributed by atoms with Crippen LogP contribution < -0.4 is 5.32 Å². The van der Waals surface area contributed by atoms with Gasteiger partial charge in [-0.05, 0) is 78.1 Å². The topological polar surface area (TPSA) is 75.4 Å². The molecule has 0 saturated carbocycles. The minimum absolute atomic E-state index is 0.113. The number of aryl methyl sites for hydroxylation is 1. The number of rotatable bonds is 7. The molecule has 2 aromatic heterocycles. The van der Waals surface area contributed by atoms with E-state index in [0.29, 0.717) is 21.9 Å². The van der Waals surface area contributed by atoms with Gasteiger partial charge >= 0.3 is 0 Å². The Hall–Kier alpha value is -3.93. The van der Waals surface area contributed by atoms with Gasteiger partial charge in [0.1, 0.15) is 16.9 Å². The lowest BCUT2D eigenvalue weighted by Crippen LogP contribution is -2.31. The van der Waals surface area contributed by atoms with Crippen LogP contribution >= 0.6 is 11.6 Å². The number of amides is 1. The van der Waals surface area contributed by atoms with Gasteiger partial charge in [-0.1, -0.05) is 60.1 Å². The normalized spacial score (nSPS) is 13.7. The van der Waals surface area contributed by atoms with Gasteiger partial charge < -0.3 is 14.8 Å². The third-order valence-corrected chi connectivity index (χ3v) is 6.89. The highest BCUT2D eigenvalue weighted by Crippen LogP contribution is 2.33. The number of halogens is 1. The molecule has 5 aromatic rings. The molecule has 0 bridgehead atoms. The van der Waals surface area contributed by atoms with Crippen LogP contribution in [0.5, 0.6) is 0 Å². The first-order valence-corrected chi connectivity index (χ1v) is 12.5. The number of hydrogen-bond donors (Lipinski definition) is 2. The zero-order chi connectivity index (χ0) is 26.0. The maximum atomic E-state index is 13.2. The van der Waals surface area contributed by atoms with Crippen LogP contribution in [0.15, 0.2) is 102 Å². The summed E-state index contributed by atoms with van der Waals surface area (Å²) < 4.78 is 6.04. The summed E-state index contributed by atoms with van der Waals surface area (Å²) in [5, 5.41) is 15.8. The Morgan fingerprint density at radius 3 is 2.51 bits per heavy atom. The average molecular weight is 511 g/mol. The lowest BCUT2D eigenvalue weighted by Gasteiger charge is -2.22. The van der Waals surface area contributed by atoms with Gasteiger partial charge in [0.15, 0.2) is 0 Å². The molecule has 0 aliphatic carbocycles. The highest BCUT2D eigenvalue weighted by Gasteiger charge is 2.30. The fourth-order valence-electron chi connectivity index (χ4n) is 4.59. The van der Waals surface area contributed by atoms with Crippen molar-refractivity contribution in [2.45, 2.75) is 31.9 Å². The van der Waals surface area contributed by atoms with Crippen molar-refractivity contribution in [2.24, 2.45) is 0 Å². The first kappa shape index (κ1) is 24.8. The van der Waals surface area contributed by atoms with Gasteiger partial charge in [-0.15, -0.1) is 0 Å². The molecule has 6 heteroatoms. The Bertz CT molecular complexity index is 1550. The number of nitrogens with zero attached hydrogens (tertiary/aromatic N) is 1. The second kappa shape index (κ2) is 10.2. The maximum Gasteiger partial charge on any atom is 0.225 e. The van der Waals surface area contributed by atoms with E-state index in [1.54, 1.807) is 31.5 Å². The molecule has 0 fully saturated rings. The first-order chi connectivity index (χ1) is 17.8. The summed E-state index contributed by atoms with van der Waals surface area (Å²) in [5.74, 6) is 0.316. The van der Waals surface area contributed by atoms with E-state index in [2.05, 4.69) is 10.3 Å². The zero-order valence-corrected chi connectivity index (χ0v) is 21.4. The number of fused-ring (bicyclic) bond motifs is 1. The van der Waals surface area contributed by atoms with Crippen molar-refractivity contribution in [3.63, 3.8) is 0 Å². The molecular formula is C31H27ClN2O3. The monoisotopic (exact) mass is 510 g/mol. The number of carbonyl (C=O) groups is 1. The number of pyridine rings is 1. The van der Waals surface area contributed by atoms with Crippen LogP contribution in [0, 0.1) is 6.92 Å². The molecule has 0 spiro atoms. The number of hydrogen-bond acceptors (Lipinski definition) is 4. The average Bonchev–Trinajstić information content (AvgIpc) is 3.33. The highest BCUT2D eigenvalue weighted by molar-refractivity contribution is 6.30. The minimum atomic E-state index is -1.31. The molecule has 0 radical (unpaired) electrons. The number of benzene rings is 3. The molecule has 5 rings (SSSR count). The van der Waals surface area contributed by atoms with Crippen molar-refractivity contribution >= 4 is 28.5 Å². The predicted molar refractivity (Wildman–Crippen MR) is 145 cm³/mol. The summed E-state index contributed by atoms with van der Waals surface area (Å²) in [6, 6.07) is 26.3. The Kier molecular flexibility index (Phi) is 6.83. The van der Waals surface area contributed by atoms with Crippen LogP contribution in [-0.2, 0) is 16.8 Å². The largest absolute Gasteiger partial charge is 0.458 e. The molecule has 0 aliphatic heterocycles. The van der Waals surface area contributed by atoms with Crippen molar-refractivity contribution in [3.8, 4) is 0 Å². The molecule has 1 amide bonds. The minimum Gasteiger partial charge on any atom is -0.458 e. The van der Waals surface area contributed by atoms with E-state index < -0.39 is 5.60 Å². The van der Waals surface area contributed by atoms with Crippen molar-refractivity contribution in [3.05, 3.63) is 136 Å². The van der Waals surface area contributed by atoms with E-state index in [1.165, 1.54) is 0 Å². The van der Waals surface area contributed by atoms with Crippen molar-refractivity contribution in [1.82, 2.24) is 10.3 Å². The molecule has 0 aliphatic rings. The number of nitrogens with one attached hydrogen (secondary N) is 1. The first-order valence-electron chi connectivity index (χ1n) is 12.1. The number of aromatic nitrogens is 1. The Morgan fingerprint density at radius 1 is 1.03 bits per heavy atom. The summed E-state index contributed by atoms with van der Waals surface area (Å²) in [5.41, 5.74) is 3.80. The molecule has 2 N–H and O–H groups in total. The second-order valence-electron chi connectivity index (χ2n) is 9.38. The molecule has 0 saturated heterocycles. The van der Waals surface area contributed by atoms with Crippen molar-refractivity contribution in [2.75, 3.05) is 0 Å². The van der Waals surface area contributed by atoms with E-state index in [1.807, 2.05) is 79.7 Å². The van der Waals surface area contributed by atoms with Crippen LogP contribution in [0.2, 0.25) is 5.02 Å². The van der Waals surface area contributed by atoms with E-state index >= 15 is 0 Å². The van der Waals surface area contributed by atoms with Crippen molar-refractivity contribution in [1.29, 1.82) is 0 Å². The lowest BCUT2D eigenvalue weighted by molar-refractivity contribution is -0.120. The predicted octanol–water partition coefficient (Wildman–Crippen LogP) is 6.49. The van der Waals surface area contributed by atoms with E-state index in [-0.39, 0.29) is 18.4 Å². The third-order valence-electron chi connectivity index (χ3n) is 6.65. The van der Waals surface area contributed by atoms with Gasteiger partial charge in [-0.2, -0.15) is 0 Å². The highest BCUT2D eigenvalue weighted by atomic mass is 35.5. The SMILES string of the molecule is Cc1cc(Cl)ccc1C(NC(=O)Cc1ccc2cc(C(C)(O)c3ccncc3)oc2c1)c1ccccc1. The summed E-state index contributed by atoms with van der Waals surface area (Å²) in [6.07, 6.45) is 3.46. The molecule has 3 aromatic carbocycles. The quantitative estimate of drug-likeness (QED) is 0.262. The molecule has 186 valence electrons. The van der Waals surface area contributed by atoms with Gasteiger partial charge in [-0.25, -0.2) is 0 Å². The lowest BCUT2D eigenvalue weighted by atomic mass is 9.94. The fraction of sp³-hybridized carbons (Fsp3) is 0.161. The van der Waals surface area contributed by atoms with Crippen LogP contribution in [0.1, 0.15) is 46.5 Å². The summed E-state index contributed by atoms with van der Waals surface area (Å²) in [6.45, 7) is 3.68. The molecule has 37 heavy (non-hydrogen) atoms. The van der Waals surface area contributed by atoms with Gasteiger partial charge in [0.05, 0.1) is 12.5 Å². The zero-order valence-electron chi connectivity index (χ0n) is 20.6. The van der Waals surface area contributed by atoms with Gasteiger partial charge in [0.25, 0.3) is 0 Å². The number of furan rings is 1. The van der Waals surface area contributed by atoms with Crippen LogP contribution in [0.4, 0.5) is 0 Å². The van der Waals surface area contributed by atoms with Gasteiger partial charge in [0, 0.05) is 22.8 Å². The Morgan fingerprint density at radius 2 is 1.78 bits per heavy atom. The number of aliphatic hydroxyl groups is 1. The second-order valence-corrected chi connectivity index (χ2v) is 9.82. The van der Waals surface area contributed by atoms with Crippen LogP contribution in [0.25, 0.3) is 11.0 Å². The third kappa shape index (κ3) is 5.29. The molecule has 2 unspecified atom stereocenters. The van der Waals surface area contributed by atoms with Crippen LogP contribution in [0.3, 0.4) is 0 Å².